The molecular weight excluding hydrogens is 414 g/mol. The maximum absolute atomic E-state index is 12.8. The van der Waals surface area contributed by atoms with Gasteiger partial charge in [-0.25, -0.2) is 4.79 Å². The minimum absolute atomic E-state index is 0.0507. The Morgan fingerprint density at radius 3 is 2.23 bits per heavy atom. The van der Waals surface area contributed by atoms with Gasteiger partial charge < -0.3 is 15.2 Å². The predicted molar refractivity (Wildman–Crippen MR) is 122 cm³/mol. The van der Waals surface area contributed by atoms with E-state index >= 15 is 0 Å². The molecule has 0 aliphatic carbocycles. The highest BCUT2D eigenvalue weighted by Crippen LogP contribution is 2.30. The number of amides is 1. The van der Waals surface area contributed by atoms with Crippen molar-refractivity contribution in [2.24, 2.45) is 0 Å². The van der Waals surface area contributed by atoms with Gasteiger partial charge in [-0.1, -0.05) is 80.2 Å². The van der Waals surface area contributed by atoms with Crippen molar-refractivity contribution in [2.75, 3.05) is 7.11 Å². The summed E-state index contributed by atoms with van der Waals surface area (Å²) in [6.07, 6.45) is -0.490. The van der Waals surface area contributed by atoms with E-state index in [-0.39, 0.29) is 22.7 Å². The molecule has 0 aromatic heterocycles. The van der Waals surface area contributed by atoms with E-state index in [0.717, 1.165) is 28.5 Å². The second kappa shape index (κ2) is 11.7. The summed E-state index contributed by atoms with van der Waals surface area (Å²) in [5, 5.41) is 13.0. The van der Waals surface area contributed by atoms with Gasteiger partial charge in [-0.3, -0.25) is 9.59 Å². The molecule has 7 heteroatoms. The van der Waals surface area contributed by atoms with Crippen molar-refractivity contribution >= 4 is 28.8 Å². The first-order valence-corrected chi connectivity index (χ1v) is 11.0. The molecule has 0 fully saturated rings. The summed E-state index contributed by atoms with van der Waals surface area (Å²) >= 11 is 1.14. The fourth-order valence-electron chi connectivity index (χ4n) is 3.24. The molecule has 0 saturated carbocycles. The quantitative estimate of drug-likeness (QED) is 0.576. The van der Waals surface area contributed by atoms with Crippen molar-refractivity contribution in [2.45, 2.75) is 50.5 Å². The van der Waals surface area contributed by atoms with Gasteiger partial charge in [0.25, 0.3) is 0 Å². The van der Waals surface area contributed by atoms with Gasteiger partial charge in [0.05, 0.1) is 13.0 Å². The number of methoxy groups -OCH3 is 1. The van der Waals surface area contributed by atoms with Crippen LogP contribution in [0, 0.1) is 0 Å². The summed E-state index contributed by atoms with van der Waals surface area (Å²) in [5.74, 6) is -1.26. The van der Waals surface area contributed by atoms with Gasteiger partial charge in [-0.05, 0) is 23.1 Å². The number of benzene rings is 2. The molecule has 0 aliphatic heterocycles. The van der Waals surface area contributed by atoms with Crippen molar-refractivity contribution in [1.29, 1.82) is 0 Å². The van der Waals surface area contributed by atoms with E-state index in [0.29, 0.717) is 0 Å². The summed E-state index contributed by atoms with van der Waals surface area (Å²) in [6, 6.07) is 15.9. The van der Waals surface area contributed by atoms with Crippen LogP contribution in [0.1, 0.15) is 55.9 Å². The van der Waals surface area contributed by atoms with Gasteiger partial charge in [-0.15, -0.1) is 0 Å². The Kier molecular flexibility index (Phi) is 9.27. The molecule has 0 aliphatic rings. The second-order valence-electron chi connectivity index (χ2n) is 7.46. The van der Waals surface area contributed by atoms with E-state index in [1.807, 2.05) is 68.4 Å². The lowest BCUT2D eigenvalue weighted by atomic mass is 9.95. The number of carbonyl (C=O) groups is 3. The highest BCUT2D eigenvalue weighted by molar-refractivity contribution is 8.14. The summed E-state index contributed by atoms with van der Waals surface area (Å²) in [5.41, 5.74) is 2.31. The molecule has 166 valence electrons. The normalized spacial score (nSPS) is 14.7. The first-order valence-electron chi connectivity index (χ1n) is 10.1. The van der Waals surface area contributed by atoms with Crippen molar-refractivity contribution in [3.05, 3.63) is 71.3 Å². The zero-order valence-corrected chi connectivity index (χ0v) is 19.0. The Morgan fingerprint density at radius 1 is 1.00 bits per heavy atom. The molecular formula is C24H29NO5S. The molecule has 2 rings (SSSR count). The van der Waals surface area contributed by atoms with Crippen LogP contribution < -0.4 is 5.32 Å². The first kappa shape index (κ1) is 24.6. The van der Waals surface area contributed by atoms with Gasteiger partial charge in [0, 0.05) is 12.2 Å². The van der Waals surface area contributed by atoms with Gasteiger partial charge in [0.15, 0.2) is 5.12 Å². The molecule has 0 heterocycles. The number of thioether (sulfide) groups is 1. The van der Waals surface area contributed by atoms with E-state index in [2.05, 4.69) is 5.32 Å². The van der Waals surface area contributed by atoms with E-state index in [1.54, 1.807) is 0 Å². The number of rotatable bonds is 9. The van der Waals surface area contributed by atoms with Crippen LogP contribution in [-0.2, 0) is 19.1 Å². The van der Waals surface area contributed by atoms with E-state index in [4.69, 9.17) is 4.74 Å². The van der Waals surface area contributed by atoms with Crippen molar-refractivity contribution < 1.29 is 24.2 Å². The number of esters is 1. The topological polar surface area (TPSA) is 92.7 Å². The van der Waals surface area contributed by atoms with Crippen LogP contribution in [0.3, 0.4) is 0 Å². The van der Waals surface area contributed by atoms with Crippen LogP contribution in [0.25, 0.3) is 0 Å². The molecule has 6 nitrogen and oxygen atoms in total. The number of hydrogen-bond acceptors (Lipinski definition) is 6. The zero-order chi connectivity index (χ0) is 23.0. The lowest BCUT2D eigenvalue weighted by molar-refractivity contribution is -0.145. The molecule has 2 aromatic carbocycles. The Morgan fingerprint density at radius 2 is 1.61 bits per heavy atom. The molecule has 0 saturated heterocycles. The lowest BCUT2D eigenvalue weighted by Crippen LogP contribution is -2.42. The SMILES string of the molecule is COC(=O)C(CC(C)SC(=O)C(C)c1cccc(C(O)c2ccccc2)c1)NC(C)=O. The molecule has 2 N–H and O–H groups in total. The van der Waals surface area contributed by atoms with E-state index in [1.165, 1.54) is 14.0 Å². The number of aliphatic hydroxyl groups excluding tert-OH is 1. The van der Waals surface area contributed by atoms with Crippen molar-refractivity contribution in [3.8, 4) is 0 Å². The number of ether oxygens (including phenoxy) is 1. The minimum Gasteiger partial charge on any atom is -0.467 e. The molecule has 0 bridgehead atoms. The van der Waals surface area contributed by atoms with Crippen LogP contribution in [0.4, 0.5) is 0 Å². The van der Waals surface area contributed by atoms with E-state index < -0.39 is 24.0 Å². The van der Waals surface area contributed by atoms with Crippen LogP contribution in [0.2, 0.25) is 0 Å². The number of hydrogen-bond donors (Lipinski definition) is 2. The molecule has 4 unspecified atom stereocenters. The van der Waals surface area contributed by atoms with Crippen LogP contribution in [-0.4, -0.2) is 40.5 Å². The van der Waals surface area contributed by atoms with Gasteiger partial charge >= 0.3 is 5.97 Å². The summed E-state index contributed by atoms with van der Waals surface area (Å²) in [4.78, 5) is 36.1. The number of nitrogens with one attached hydrogen (secondary N) is 1. The molecule has 31 heavy (non-hydrogen) atoms. The zero-order valence-electron chi connectivity index (χ0n) is 18.2. The van der Waals surface area contributed by atoms with Gasteiger partial charge in [0.1, 0.15) is 12.1 Å². The first-order chi connectivity index (χ1) is 14.7. The molecule has 2 aromatic rings. The van der Waals surface area contributed by atoms with Crippen LogP contribution in [0.5, 0.6) is 0 Å². The predicted octanol–water partition coefficient (Wildman–Crippen LogP) is 3.59. The smallest absolute Gasteiger partial charge is 0.328 e. The van der Waals surface area contributed by atoms with Crippen LogP contribution >= 0.6 is 11.8 Å². The average molecular weight is 444 g/mol. The second-order valence-corrected chi connectivity index (χ2v) is 8.91. The fourth-order valence-corrected chi connectivity index (χ4v) is 4.27. The molecule has 1 amide bonds. The minimum atomic E-state index is -0.794. The Hall–Kier alpha value is -2.64. The average Bonchev–Trinajstić information content (AvgIpc) is 2.77. The lowest BCUT2D eigenvalue weighted by Gasteiger charge is -2.20. The Labute approximate surface area is 187 Å². The van der Waals surface area contributed by atoms with Crippen molar-refractivity contribution in [1.82, 2.24) is 5.32 Å². The Balaban J connectivity index is 2.05. The highest BCUT2D eigenvalue weighted by atomic mass is 32.2. The monoisotopic (exact) mass is 443 g/mol. The third-order valence-electron chi connectivity index (χ3n) is 4.94. The maximum atomic E-state index is 12.8. The third kappa shape index (κ3) is 7.22. The number of aliphatic hydroxyl groups is 1. The van der Waals surface area contributed by atoms with Gasteiger partial charge in [-0.2, -0.15) is 0 Å². The summed E-state index contributed by atoms with van der Waals surface area (Å²) in [7, 11) is 1.26. The Bertz CT molecular complexity index is 902. The standard InChI is InChI=1S/C24H29NO5S/c1-15(13-21(23(28)30-4)25-17(3)26)31-24(29)16(2)19-11-8-12-20(14-19)22(27)18-9-6-5-7-10-18/h5-12,14-16,21-22,27H,13H2,1-4H3,(H,25,26). The van der Waals surface area contributed by atoms with Gasteiger partial charge in [0.2, 0.25) is 5.91 Å². The summed E-state index contributed by atoms with van der Waals surface area (Å²) < 4.78 is 4.74. The maximum Gasteiger partial charge on any atom is 0.328 e. The van der Waals surface area contributed by atoms with E-state index in [9.17, 15) is 19.5 Å². The molecule has 4 atom stereocenters. The summed E-state index contributed by atoms with van der Waals surface area (Å²) in [6.45, 7) is 4.99. The molecule has 0 spiro atoms. The largest absolute Gasteiger partial charge is 0.467 e. The van der Waals surface area contributed by atoms with Crippen LogP contribution in [0.15, 0.2) is 54.6 Å². The van der Waals surface area contributed by atoms with Crippen molar-refractivity contribution in [3.63, 3.8) is 0 Å². The molecule has 0 radical (unpaired) electrons. The third-order valence-corrected chi connectivity index (χ3v) is 6.12. The number of carbonyl (C=O) groups excluding carboxylic acids is 3. The fraction of sp³-hybridized carbons (Fsp3) is 0.375. The highest BCUT2D eigenvalue weighted by Gasteiger charge is 2.26.